The molecule has 1 rings (SSSR count). The highest BCUT2D eigenvalue weighted by atomic mass is 127. The minimum Gasteiger partial charge on any atom is -0.370 e. The zero-order valence-corrected chi connectivity index (χ0v) is 14.0. The lowest BCUT2D eigenvalue weighted by Crippen LogP contribution is -2.46. The Kier molecular flexibility index (Phi) is 7.69. The van der Waals surface area contributed by atoms with E-state index in [1.54, 1.807) is 0 Å². The summed E-state index contributed by atoms with van der Waals surface area (Å²) in [7, 11) is 0. The van der Waals surface area contributed by atoms with E-state index < -0.39 is 0 Å². The van der Waals surface area contributed by atoms with Crippen LogP contribution in [0.15, 0.2) is 4.99 Å². The first-order valence-electron chi connectivity index (χ1n) is 6.49. The molecule has 1 fully saturated rings. The van der Waals surface area contributed by atoms with Gasteiger partial charge in [-0.1, -0.05) is 46.0 Å². The second-order valence-corrected chi connectivity index (χ2v) is 5.92. The third kappa shape index (κ3) is 5.94. The molecule has 0 aromatic carbocycles. The molecule has 0 aromatic heterocycles. The van der Waals surface area contributed by atoms with Crippen molar-refractivity contribution in [3.8, 4) is 12.3 Å². The summed E-state index contributed by atoms with van der Waals surface area (Å²) in [6.45, 7) is 6.29. The van der Waals surface area contributed by atoms with Crippen molar-refractivity contribution in [2.45, 2.75) is 65.0 Å². The van der Waals surface area contributed by atoms with Crippen molar-refractivity contribution >= 4 is 29.9 Å². The monoisotopic (exact) mass is 363 g/mol. The van der Waals surface area contributed by atoms with Gasteiger partial charge in [0.25, 0.3) is 0 Å². The molecular weight excluding hydrogens is 337 g/mol. The normalized spacial score (nSPS) is 19.6. The number of terminal acetylenes is 1. The van der Waals surface area contributed by atoms with Crippen molar-refractivity contribution < 1.29 is 0 Å². The van der Waals surface area contributed by atoms with Gasteiger partial charge in [0.2, 0.25) is 0 Å². The van der Waals surface area contributed by atoms with Crippen LogP contribution in [-0.2, 0) is 0 Å². The smallest absolute Gasteiger partial charge is 0.189 e. The molecule has 0 radical (unpaired) electrons. The van der Waals surface area contributed by atoms with E-state index >= 15 is 0 Å². The molecule has 104 valence electrons. The fraction of sp³-hybridized carbons (Fsp3) is 0.786. The zero-order valence-electron chi connectivity index (χ0n) is 11.7. The van der Waals surface area contributed by atoms with Crippen molar-refractivity contribution in [3.63, 3.8) is 0 Å². The number of nitrogens with zero attached hydrogens (tertiary/aromatic N) is 1. The Bertz CT molecular complexity index is 306. The lowest BCUT2D eigenvalue weighted by Gasteiger charge is -2.28. The number of hydrogen-bond donors (Lipinski definition) is 2. The zero-order chi connectivity index (χ0) is 12.9. The Hall–Kier alpha value is -0.440. The molecule has 4 heteroatoms. The SMILES string of the molecule is C#CC(NC(N)=NC1CCCCC1)C(C)(C)C.I. The Morgan fingerprint density at radius 3 is 2.33 bits per heavy atom. The quantitative estimate of drug-likeness (QED) is 0.343. The van der Waals surface area contributed by atoms with Gasteiger partial charge >= 0.3 is 0 Å². The Balaban J connectivity index is 0.00000289. The van der Waals surface area contributed by atoms with Crippen LogP contribution < -0.4 is 11.1 Å². The number of guanidine groups is 1. The van der Waals surface area contributed by atoms with Gasteiger partial charge in [-0.15, -0.1) is 30.4 Å². The third-order valence-corrected chi connectivity index (χ3v) is 3.22. The highest BCUT2D eigenvalue weighted by Crippen LogP contribution is 2.21. The van der Waals surface area contributed by atoms with E-state index in [-0.39, 0.29) is 35.4 Å². The molecule has 1 aliphatic carbocycles. The predicted octanol–water partition coefficient (Wildman–Crippen LogP) is 2.89. The van der Waals surface area contributed by atoms with Crippen LogP contribution in [0, 0.1) is 17.8 Å². The minimum absolute atomic E-state index is 0. The van der Waals surface area contributed by atoms with Crippen LogP contribution in [0.1, 0.15) is 52.9 Å². The number of halogens is 1. The second-order valence-electron chi connectivity index (χ2n) is 5.92. The fourth-order valence-corrected chi connectivity index (χ4v) is 2.10. The van der Waals surface area contributed by atoms with Crippen molar-refractivity contribution in [3.05, 3.63) is 0 Å². The van der Waals surface area contributed by atoms with Crippen LogP contribution in [0.5, 0.6) is 0 Å². The number of rotatable bonds is 2. The van der Waals surface area contributed by atoms with E-state index in [0.29, 0.717) is 12.0 Å². The van der Waals surface area contributed by atoms with Gasteiger partial charge in [-0.25, -0.2) is 0 Å². The van der Waals surface area contributed by atoms with Crippen molar-refractivity contribution in [1.29, 1.82) is 0 Å². The van der Waals surface area contributed by atoms with Crippen LogP contribution in [0.4, 0.5) is 0 Å². The van der Waals surface area contributed by atoms with Crippen molar-refractivity contribution in [1.82, 2.24) is 5.32 Å². The van der Waals surface area contributed by atoms with Crippen LogP contribution in [0.3, 0.4) is 0 Å². The molecule has 0 bridgehead atoms. The first kappa shape index (κ1) is 17.6. The molecule has 0 aromatic rings. The maximum atomic E-state index is 5.92. The average molecular weight is 363 g/mol. The second kappa shape index (κ2) is 7.88. The van der Waals surface area contributed by atoms with E-state index in [1.165, 1.54) is 19.3 Å². The number of nitrogens with two attached hydrogens (primary N) is 1. The van der Waals surface area contributed by atoms with Crippen LogP contribution in [0.2, 0.25) is 0 Å². The lowest BCUT2D eigenvalue weighted by molar-refractivity contribution is 0.350. The summed E-state index contributed by atoms with van der Waals surface area (Å²) in [5.74, 6) is 3.23. The van der Waals surface area contributed by atoms with Crippen molar-refractivity contribution in [2.75, 3.05) is 0 Å². The first-order valence-corrected chi connectivity index (χ1v) is 6.49. The maximum absolute atomic E-state index is 5.92. The van der Waals surface area contributed by atoms with Crippen molar-refractivity contribution in [2.24, 2.45) is 16.1 Å². The van der Waals surface area contributed by atoms with Crippen LogP contribution in [-0.4, -0.2) is 18.0 Å². The summed E-state index contributed by atoms with van der Waals surface area (Å²) in [5, 5.41) is 3.15. The Morgan fingerprint density at radius 1 is 1.33 bits per heavy atom. The molecule has 1 unspecified atom stereocenters. The van der Waals surface area contributed by atoms with Gasteiger partial charge in [0.15, 0.2) is 5.96 Å². The van der Waals surface area contributed by atoms with Crippen LogP contribution in [0.25, 0.3) is 0 Å². The van der Waals surface area contributed by atoms with E-state index in [9.17, 15) is 0 Å². The first-order chi connectivity index (χ1) is 7.93. The topological polar surface area (TPSA) is 50.4 Å². The average Bonchev–Trinajstić information content (AvgIpc) is 2.25. The van der Waals surface area contributed by atoms with Gasteiger partial charge in [-0.2, -0.15) is 0 Å². The number of nitrogens with one attached hydrogen (secondary N) is 1. The van der Waals surface area contributed by atoms with E-state index in [1.807, 2.05) is 0 Å². The molecule has 0 saturated heterocycles. The molecule has 0 aliphatic heterocycles. The summed E-state index contributed by atoms with van der Waals surface area (Å²) in [4.78, 5) is 4.53. The molecule has 0 heterocycles. The van der Waals surface area contributed by atoms with E-state index in [2.05, 4.69) is 37.0 Å². The van der Waals surface area contributed by atoms with Gasteiger partial charge in [0.1, 0.15) is 0 Å². The summed E-state index contributed by atoms with van der Waals surface area (Å²) in [5.41, 5.74) is 5.91. The van der Waals surface area contributed by atoms with Gasteiger partial charge in [0, 0.05) is 0 Å². The molecule has 0 amide bonds. The molecule has 18 heavy (non-hydrogen) atoms. The summed E-state index contributed by atoms with van der Waals surface area (Å²) in [6, 6.07) is 0.310. The standard InChI is InChI=1S/C14H25N3.HI/c1-5-12(14(2,3)4)17-13(15)16-11-9-7-6-8-10-11;/h1,11-12H,6-10H2,2-4H3,(H3,15,16,17);1H. The maximum Gasteiger partial charge on any atom is 0.189 e. The Labute approximate surface area is 128 Å². The third-order valence-electron chi connectivity index (χ3n) is 3.22. The highest BCUT2D eigenvalue weighted by molar-refractivity contribution is 14.0. The summed E-state index contributed by atoms with van der Waals surface area (Å²) < 4.78 is 0. The predicted molar refractivity (Wildman–Crippen MR) is 89.1 cm³/mol. The molecule has 3 nitrogen and oxygen atoms in total. The molecule has 1 saturated carbocycles. The van der Waals surface area contributed by atoms with Gasteiger partial charge < -0.3 is 11.1 Å². The summed E-state index contributed by atoms with van der Waals surface area (Å²) in [6.07, 6.45) is 11.7. The number of aliphatic imine (C=N–C) groups is 1. The van der Waals surface area contributed by atoms with Gasteiger partial charge in [-0.05, 0) is 18.3 Å². The molecule has 1 atom stereocenters. The van der Waals surface area contributed by atoms with Crippen LogP contribution >= 0.6 is 24.0 Å². The van der Waals surface area contributed by atoms with E-state index in [4.69, 9.17) is 12.2 Å². The lowest BCUT2D eigenvalue weighted by atomic mass is 9.87. The van der Waals surface area contributed by atoms with Gasteiger partial charge in [0.05, 0.1) is 12.1 Å². The molecular formula is C14H26IN3. The number of hydrogen-bond acceptors (Lipinski definition) is 1. The highest BCUT2D eigenvalue weighted by Gasteiger charge is 2.23. The molecule has 0 spiro atoms. The minimum atomic E-state index is -0.0742. The fourth-order valence-electron chi connectivity index (χ4n) is 2.10. The molecule has 1 aliphatic rings. The van der Waals surface area contributed by atoms with Gasteiger partial charge in [-0.3, -0.25) is 4.99 Å². The largest absolute Gasteiger partial charge is 0.370 e. The van der Waals surface area contributed by atoms with E-state index in [0.717, 1.165) is 12.8 Å². The summed E-state index contributed by atoms with van der Waals surface area (Å²) >= 11 is 0. The Morgan fingerprint density at radius 2 is 1.89 bits per heavy atom. The molecule has 3 N–H and O–H groups in total.